The molecule has 1 atom stereocenters. The molecule has 2 aromatic rings. The highest BCUT2D eigenvalue weighted by Crippen LogP contribution is 2.38. The number of hydrogen-bond acceptors (Lipinski definition) is 3. The average Bonchev–Trinajstić information content (AvgIpc) is 2.81. The molecule has 2 aromatic carbocycles. The van der Waals surface area contributed by atoms with Gasteiger partial charge in [0.25, 0.3) is 0 Å². The first-order chi connectivity index (χ1) is 15.1. The van der Waals surface area contributed by atoms with E-state index in [1.54, 1.807) is 6.07 Å². The standard InChI is InChI=1S/C25H29F2NO3/c26-22-8-7-19(14-23(22)27)21-6-2-1-5-20(21)15-25(9-12-30-13-10-25)24(29)28-16-18-4-3-11-31-17-18/h1-2,5-8,14,18H,3-4,9-13,15-17H2,(H,28,29)/t18-/m0/s1. The highest BCUT2D eigenvalue weighted by Gasteiger charge is 2.40. The molecule has 166 valence electrons. The molecule has 2 aliphatic heterocycles. The van der Waals surface area contributed by atoms with Crippen LogP contribution in [0.2, 0.25) is 0 Å². The Morgan fingerprint density at radius 1 is 1.03 bits per heavy atom. The number of ether oxygens (including phenoxy) is 2. The van der Waals surface area contributed by atoms with Crippen LogP contribution in [-0.4, -0.2) is 38.9 Å². The maximum absolute atomic E-state index is 13.9. The lowest BCUT2D eigenvalue weighted by molar-refractivity contribution is -0.137. The number of nitrogens with one attached hydrogen (secondary N) is 1. The van der Waals surface area contributed by atoms with E-state index in [0.717, 1.165) is 36.6 Å². The molecule has 2 aliphatic rings. The summed E-state index contributed by atoms with van der Waals surface area (Å²) in [6.45, 7) is 3.18. The number of benzene rings is 2. The Morgan fingerprint density at radius 2 is 1.84 bits per heavy atom. The number of rotatable bonds is 6. The van der Waals surface area contributed by atoms with Crippen molar-refractivity contribution in [2.45, 2.75) is 32.1 Å². The molecule has 2 heterocycles. The average molecular weight is 430 g/mol. The highest BCUT2D eigenvalue weighted by molar-refractivity contribution is 5.83. The van der Waals surface area contributed by atoms with E-state index in [1.807, 2.05) is 24.3 Å². The first-order valence-corrected chi connectivity index (χ1v) is 11.0. The van der Waals surface area contributed by atoms with E-state index in [-0.39, 0.29) is 5.91 Å². The third-order valence-corrected chi connectivity index (χ3v) is 6.51. The van der Waals surface area contributed by atoms with E-state index in [0.29, 0.717) is 57.1 Å². The van der Waals surface area contributed by atoms with E-state index in [4.69, 9.17) is 9.47 Å². The molecular formula is C25H29F2NO3. The van der Waals surface area contributed by atoms with Crippen LogP contribution in [0.3, 0.4) is 0 Å². The lowest BCUT2D eigenvalue weighted by Crippen LogP contribution is -2.47. The summed E-state index contributed by atoms with van der Waals surface area (Å²) in [5, 5.41) is 3.17. The smallest absolute Gasteiger partial charge is 0.226 e. The van der Waals surface area contributed by atoms with E-state index < -0.39 is 17.0 Å². The van der Waals surface area contributed by atoms with Crippen LogP contribution in [0, 0.1) is 23.0 Å². The van der Waals surface area contributed by atoms with E-state index in [1.165, 1.54) is 6.07 Å². The van der Waals surface area contributed by atoms with Crippen molar-refractivity contribution in [3.8, 4) is 11.1 Å². The number of amides is 1. The van der Waals surface area contributed by atoms with Gasteiger partial charge in [-0.15, -0.1) is 0 Å². The fourth-order valence-corrected chi connectivity index (χ4v) is 4.62. The van der Waals surface area contributed by atoms with Gasteiger partial charge >= 0.3 is 0 Å². The number of carbonyl (C=O) groups excluding carboxylic acids is 1. The van der Waals surface area contributed by atoms with Crippen molar-refractivity contribution >= 4 is 5.91 Å². The summed E-state index contributed by atoms with van der Waals surface area (Å²) in [5.41, 5.74) is 1.80. The monoisotopic (exact) mass is 429 g/mol. The van der Waals surface area contributed by atoms with Crippen molar-refractivity contribution in [1.29, 1.82) is 0 Å². The summed E-state index contributed by atoms with van der Waals surface area (Å²) in [4.78, 5) is 13.4. The van der Waals surface area contributed by atoms with E-state index in [2.05, 4.69) is 5.32 Å². The Morgan fingerprint density at radius 3 is 2.58 bits per heavy atom. The highest BCUT2D eigenvalue weighted by atomic mass is 19.2. The van der Waals surface area contributed by atoms with Gasteiger partial charge in [-0.3, -0.25) is 4.79 Å². The second-order valence-electron chi connectivity index (χ2n) is 8.65. The summed E-state index contributed by atoms with van der Waals surface area (Å²) in [5.74, 6) is -1.35. The van der Waals surface area contributed by atoms with Gasteiger partial charge in [0, 0.05) is 26.4 Å². The van der Waals surface area contributed by atoms with Gasteiger partial charge in [-0.25, -0.2) is 8.78 Å². The number of carbonyl (C=O) groups is 1. The molecule has 0 unspecified atom stereocenters. The summed E-state index contributed by atoms with van der Waals surface area (Å²) >= 11 is 0. The van der Waals surface area contributed by atoms with Crippen molar-refractivity contribution < 1.29 is 23.0 Å². The SMILES string of the molecule is O=C(NC[C@@H]1CCCOC1)C1(Cc2ccccc2-c2ccc(F)c(F)c2)CCOCC1. The predicted molar refractivity (Wildman–Crippen MR) is 115 cm³/mol. The maximum atomic E-state index is 13.9. The zero-order valence-electron chi connectivity index (χ0n) is 17.7. The minimum absolute atomic E-state index is 0.0430. The van der Waals surface area contributed by atoms with Crippen LogP contribution in [0.25, 0.3) is 11.1 Å². The van der Waals surface area contributed by atoms with Crippen molar-refractivity contribution in [3.05, 3.63) is 59.7 Å². The molecule has 1 amide bonds. The van der Waals surface area contributed by atoms with Gasteiger partial charge in [0.15, 0.2) is 11.6 Å². The Hall–Kier alpha value is -2.31. The molecule has 4 rings (SSSR count). The fraction of sp³-hybridized carbons (Fsp3) is 0.480. The molecule has 0 aliphatic carbocycles. The molecule has 2 saturated heterocycles. The minimum atomic E-state index is -0.875. The molecule has 0 bridgehead atoms. The summed E-state index contributed by atoms with van der Waals surface area (Å²) < 4.78 is 38.4. The first kappa shape index (κ1) is 21.9. The summed E-state index contributed by atoms with van der Waals surface area (Å²) in [6.07, 6.45) is 3.88. The van der Waals surface area contributed by atoms with Crippen molar-refractivity contribution in [1.82, 2.24) is 5.32 Å². The van der Waals surface area contributed by atoms with Crippen LogP contribution in [0.1, 0.15) is 31.2 Å². The van der Waals surface area contributed by atoms with E-state index in [9.17, 15) is 13.6 Å². The predicted octanol–water partition coefficient (Wildman–Crippen LogP) is 4.51. The van der Waals surface area contributed by atoms with Crippen LogP contribution in [-0.2, 0) is 20.7 Å². The number of hydrogen-bond donors (Lipinski definition) is 1. The van der Waals surface area contributed by atoms with Crippen LogP contribution >= 0.6 is 0 Å². The van der Waals surface area contributed by atoms with Crippen LogP contribution in [0.5, 0.6) is 0 Å². The molecule has 0 aromatic heterocycles. The quantitative estimate of drug-likeness (QED) is 0.735. The fourth-order valence-electron chi connectivity index (χ4n) is 4.62. The van der Waals surface area contributed by atoms with Crippen molar-refractivity contribution in [3.63, 3.8) is 0 Å². The summed E-state index contributed by atoms with van der Waals surface area (Å²) in [6, 6.07) is 11.6. The molecule has 0 spiro atoms. The Balaban J connectivity index is 1.56. The van der Waals surface area contributed by atoms with Crippen molar-refractivity contribution in [2.24, 2.45) is 11.3 Å². The molecule has 0 saturated carbocycles. The molecule has 1 N–H and O–H groups in total. The molecule has 0 radical (unpaired) electrons. The lowest BCUT2D eigenvalue weighted by Gasteiger charge is -2.37. The van der Waals surface area contributed by atoms with Crippen LogP contribution in [0.4, 0.5) is 8.78 Å². The number of halogens is 2. The largest absolute Gasteiger partial charge is 0.381 e. The topological polar surface area (TPSA) is 47.6 Å². The second kappa shape index (κ2) is 9.88. The normalized spacial score (nSPS) is 20.9. The van der Waals surface area contributed by atoms with Crippen LogP contribution in [0.15, 0.2) is 42.5 Å². The van der Waals surface area contributed by atoms with Gasteiger partial charge in [-0.1, -0.05) is 30.3 Å². The molecule has 6 heteroatoms. The van der Waals surface area contributed by atoms with Gasteiger partial charge in [-0.05, 0) is 66.8 Å². The minimum Gasteiger partial charge on any atom is -0.381 e. The van der Waals surface area contributed by atoms with Crippen molar-refractivity contribution in [2.75, 3.05) is 33.0 Å². The molecule has 4 nitrogen and oxygen atoms in total. The van der Waals surface area contributed by atoms with Gasteiger partial charge < -0.3 is 14.8 Å². The van der Waals surface area contributed by atoms with Gasteiger partial charge in [-0.2, -0.15) is 0 Å². The molecule has 31 heavy (non-hydrogen) atoms. The molecular weight excluding hydrogens is 400 g/mol. The third kappa shape index (κ3) is 5.13. The summed E-state index contributed by atoms with van der Waals surface area (Å²) in [7, 11) is 0. The lowest BCUT2D eigenvalue weighted by atomic mass is 9.73. The van der Waals surface area contributed by atoms with Gasteiger partial charge in [0.1, 0.15) is 0 Å². The van der Waals surface area contributed by atoms with Gasteiger partial charge in [0.2, 0.25) is 5.91 Å². The zero-order chi connectivity index (χ0) is 21.7. The van der Waals surface area contributed by atoms with E-state index >= 15 is 0 Å². The molecule has 2 fully saturated rings. The maximum Gasteiger partial charge on any atom is 0.226 e. The van der Waals surface area contributed by atoms with Gasteiger partial charge in [0.05, 0.1) is 12.0 Å². The third-order valence-electron chi connectivity index (χ3n) is 6.51. The van der Waals surface area contributed by atoms with Crippen LogP contribution < -0.4 is 5.32 Å². The second-order valence-corrected chi connectivity index (χ2v) is 8.65. The Bertz CT molecular complexity index is 905. The first-order valence-electron chi connectivity index (χ1n) is 11.0. The Labute approximate surface area is 181 Å². The Kier molecular flexibility index (Phi) is 6.98. The zero-order valence-corrected chi connectivity index (χ0v) is 17.7.